The summed E-state index contributed by atoms with van der Waals surface area (Å²) in [6, 6.07) is 21.5. The Balaban J connectivity index is 1.71. The van der Waals surface area contributed by atoms with E-state index in [-0.39, 0.29) is 18.3 Å². The minimum atomic E-state index is -0.283. The molecule has 0 spiro atoms. The number of carbonyl (C=O) groups excluding carboxylic acids is 1. The van der Waals surface area contributed by atoms with Crippen LogP contribution in [-0.4, -0.2) is 18.7 Å². The van der Waals surface area contributed by atoms with Crippen molar-refractivity contribution in [2.75, 3.05) is 11.4 Å². The minimum Gasteiger partial charge on any atom is -0.332 e. The van der Waals surface area contributed by atoms with Crippen LogP contribution in [-0.2, 0) is 4.79 Å². The Labute approximate surface area is 168 Å². The number of halogens is 2. The molecule has 4 nitrogen and oxygen atoms in total. The number of amides is 1. The van der Waals surface area contributed by atoms with Crippen molar-refractivity contribution in [2.24, 2.45) is 5.10 Å². The van der Waals surface area contributed by atoms with Crippen LogP contribution in [0, 0.1) is 12.7 Å². The van der Waals surface area contributed by atoms with Crippen molar-refractivity contribution >= 4 is 35.1 Å². The van der Waals surface area contributed by atoms with Gasteiger partial charge in [0.05, 0.1) is 6.21 Å². The van der Waals surface area contributed by atoms with E-state index in [0.29, 0.717) is 16.1 Å². The third-order valence-corrected chi connectivity index (χ3v) is 4.34. The summed E-state index contributed by atoms with van der Waals surface area (Å²) < 4.78 is 13.3. The number of hydrazone groups is 1. The van der Waals surface area contributed by atoms with Gasteiger partial charge in [0.15, 0.2) is 0 Å². The van der Waals surface area contributed by atoms with E-state index in [0.717, 1.165) is 11.4 Å². The lowest BCUT2D eigenvalue weighted by Crippen LogP contribution is -2.32. The lowest BCUT2D eigenvalue weighted by atomic mass is 10.1. The maximum absolute atomic E-state index is 13.3. The first-order chi connectivity index (χ1) is 13.5. The van der Waals surface area contributed by atoms with E-state index in [4.69, 9.17) is 11.6 Å². The van der Waals surface area contributed by atoms with Gasteiger partial charge in [-0.05, 0) is 66.6 Å². The molecule has 3 rings (SSSR count). The summed E-state index contributed by atoms with van der Waals surface area (Å²) in [7, 11) is 0. The van der Waals surface area contributed by atoms with Gasteiger partial charge in [0.2, 0.25) is 0 Å². The summed E-state index contributed by atoms with van der Waals surface area (Å²) in [5, 5.41) is 4.60. The van der Waals surface area contributed by atoms with Gasteiger partial charge in [-0.25, -0.2) is 9.82 Å². The quantitative estimate of drug-likeness (QED) is 0.467. The molecule has 142 valence electrons. The maximum Gasteiger partial charge on any atom is 0.260 e. The standard InChI is InChI=1S/C22H19ClFN3O/c1-16-13-17(7-12-21(16)24)14-25-26-22(28)15-27(19-5-3-2-4-6-19)20-10-8-18(23)9-11-20/h2-14H,15H2,1H3,(H,26,28). The largest absolute Gasteiger partial charge is 0.332 e. The highest BCUT2D eigenvalue weighted by Gasteiger charge is 2.13. The first kappa shape index (κ1) is 19.6. The molecule has 6 heteroatoms. The van der Waals surface area contributed by atoms with E-state index in [9.17, 15) is 9.18 Å². The number of nitrogens with zero attached hydrogens (tertiary/aromatic N) is 2. The Morgan fingerprint density at radius 3 is 2.43 bits per heavy atom. The molecule has 0 unspecified atom stereocenters. The fraction of sp³-hybridized carbons (Fsp3) is 0.0909. The zero-order valence-corrected chi connectivity index (χ0v) is 16.0. The van der Waals surface area contributed by atoms with Crippen LogP contribution in [0.25, 0.3) is 0 Å². The van der Waals surface area contributed by atoms with Gasteiger partial charge in [0.25, 0.3) is 5.91 Å². The lowest BCUT2D eigenvalue weighted by Gasteiger charge is -2.24. The summed E-state index contributed by atoms with van der Waals surface area (Å²) in [5.74, 6) is -0.559. The van der Waals surface area contributed by atoms with Crippen LogP contribution < -0.4 is 10.3 Å². The van der Waals surface area contributed by atoms with Gasteiger partial charge in [0.1, 0.15) is 12.4 Å². The van der Waals surface area contributed by atoms with Crippen LogP contribution in [0.5, 0.6) is 0 Å². The third kappa shape index (κ3) is 5.18. The Bertz CT molecular complexity index is 975. The molecular weight excluding hydrogens is 377 g/mol. The molecule has 1 N–H and O–H groups in total. The molecular formula is C22H19ClFN3O. The van der Waals surface area contributed by atoms with Crippen molar-refractivity contribution in [3.8, 4) is 0 Å². The molecule has 0 saturated carbocycles. The second-order valence-electron chi connectivity index (χ2n) is 6.20. The molecule has 0 heterocycles. The van der Waals surface area contributed by atoms with E-state index in [1.54, 1.807) is 31.2 Å². The summed E-state index contributed by atoms with van der Waals surface area (Å²) in [6.45, 7) is 1.75. The second kappa shape index (κ2) is 9.15. The number of benzene rings is 3. The first-order valence-electron chi connectivity index (χ1n) is 8.69. The van der Waals surface area contributed by atoms with Gasteiger partial charge in [-0.2, -0.15) is 5.10 Å². The number of anilines is 2. The molecule has 0 radical (unpaired) electrons. The van der Waals surface area contributed by atoms with E-state index >= 15 is 0 Å². The van der Waals surface area contributed by atoms with Crippen LogP contribution in [0.2, 0.25) is 5.02 Å². The van der Waals surface area contributed by atoms with Crippen LogP contribution in [0.15, 0.2) is 77.9 Å². The number of hydrogen-bond acceptors (Lipinski definition) is 3. The van der Waals surface area contributed by atoms with Gasteiger partial charge in [-0.15, -0.1) is 0 Å². The van der Waals surface area contributed by atoms with Crippen LogP contribution in [0.3, 0.4) is 0 Å². The number of nitrogens with one attached hydrogen (secondary N) is 1. The maximum atomic E-state index is 13.3. The minimum absolute atomic E-state index is 0.0748. The SMILES string of the molecule is Cc1cc(C=NNC(=O)CN(c2ccccc2)c2ccc(Cl)cc2)ccc1F. The van der Waals surface area contributed by atoms with Crippen molar-refractivity contribution in [2.45, 2.75) is 6.92 Å². The Morgan fingerprint density at radius 1 is 1.07 bits per heavy atom. The number of para-hydroxylation sites is 1. The molecule has 3 aromatic rings. The zero-order valence-electron chi connectivity index (χ0n) is 15.3. The molecule has 3 aromatic carbocycles. The monoisotopic (exact) mass is 395 g/mol. The molecule has 0 aliphatic heterocycles. The Hall–Kier alpha value is -3.18. The zero-order chi connectivity index (χ0) is 19.9. The number of aryl methyl sites for hydroxylation is 1. The van der Waals surface area contributed by atoms with Gasteiger partial charge < -0.3 is 4.90 Å². The molecule has 1 amide bonds. The smallest absolute Gasteiger partial charge is 0.260 e. The summed E-state index contributed by atoms with van der Waals surface area (Å²) in [5.41, 5.74) is 5.45. The highest BCUT2D eigenvalue weighted by atomic mass is 35.5. The molecule has 28 heavy (non-hydrogen) atoms. The van der Waals surface area contributed by atoms with Crippen molar-refractivity contribution in [1.82, 2.24) is 5.43 Å². The van der Waals surface area contributed by atoms with Gasteiger partial charge in [-0.1, -0.05) is 35.9 Å². The lowest BCUT2D eigenvalue weighted by molar-refractivity contribution is -0.119. The van der Waals surface area contributed by atoms with Crippen LogP contribution in [0.1, 0.15) is 11.1 Å². The van der Waals surface area contributed by atoms with E-state index in [1.807, 2.05) is 47.4 Å². The van der Waals surface area contributed by atoms with Gasteiger partial charge in [-0.3, -0.25) is 4.79 Å². The van der Waals surface area contributed by atoms with Crippen LogP contribution >= 0.6 is 11.6 Å². The fourth-order valence-corrected chi connectivity index (χ4v) is 2.79. The number of hydrogen-bond donors (Lipinski definition) is 1. The number of carbonyl (C=O) groups is 1. The van der Waals surface area contributed by atoms with Crippen LogP contribution in [0.4, 0.5) is 15.8 Å². The third-order valence-electron chi connectivity index (χ3n) is 4.09. The molecule has 0 aliphatic rings. The predicted octanol–water partition coefficient (Wildman–Crippen LogP) is 5.08. The predicted molar refractivity (Wildman–Crippen MR) is 112 cm³/mol. The molecule has 0 atom stereocenters. The number of rotatable bonds is 6. The van der Waals surface area contributed by atoms with E-state index in [2.05, 4.69) is 10.5 Å². The van der Waals surface area contributed by atoms with Crippen molar-refractivity contribution in [1.29, 1.82) is 0 Å². The molecule has 0 bridgehead atoms. The van der Waals surface area contributed by atoms with Crippen molar-refractivity contribution in [3.63, 3.8) is 0 Å². The summed E-state index contributed by atoms with van der Waals surface area (Å²) >= 11 is 5.98. The average molecular weight is 396 g/mol. The molecule has 0 fully saturated rings. The van der Waals surface area contributed by atoms with Gasteiger partial charge in [0, 0.05) is 16.4 Å². The van der Waals surface area contributed by atoms with Crippen molar-refractivity contribution < 1.29 is 9.18 Å². The molecule has 0 aliphatic carbocycles. The average Bonchev–Trinajstić information content (AvgIpc) is 2.70. The Morgan fingerprint density at radius 2 is 1.75 bits per heavy atom. The molecule has 0 aromatic heterocycles. The molecule has 0 saturated heterocycles. The highest BCUT2D eigenvalue weighted by molar-refractivity contribution is 6.30. The fourth-order valence-electron chi connectivity index (χ4n) is 2.67. The first-order valence-corrected chi connectivity index (χ1v) is 9.07. The van der Waals surface area contributed by atoms with E-state index < -0.39 is 0 Å². The highest BCUT2D eigenvalue weighted by Crippen LogP contribution is 2.26. The summed E-state index contributed by atoms with van der Waals surface area (Å²) in [4.78, 5) is 14.3. The van der Waals surface area contributed by atoms with E-state index in [1.165, 1.54) is 12.3 Å². The normalized spacial score (nSPS) is 10.8. The topological polar surface area (TPSA) is 44.7 Å². The second-order valence-corrected chi connectivity index (χ2v) is 6.64. The van der Waals surface area contributed by atoms with Crippen molar-refractivity contribution in [3.05, 3.63) is 94.8 Å². The Kier molecular flexibility index (Phi) is 6.40. The van der Waals surface area contributed by atoms with Gasteiger partial charge >= 0.3 is 0 Å². The summed E-state index contributed by atoms with van der Waals surface area (Å²) in [6.07, 6.45) is 1.49.